The smallest absolute Gasteiger partial charge is 0.223 e. The predicted octanol–water partition coefficient (Wildman–Crippen LogP) is 2.03. The van der Waals surface area contributed by atoms with Gasteiger partial charge >= 0.3 is 0 Å². The van der Waals surface area contributed by atoms with E-state index in [9.17, 15) is 4.79 Å². The minimum atomic E-state index is -0.0974. The molecule has 1 atom stereocenters. The number of aromatic nitrogens is 2. The quantitative estimate of drug-likeness (QED) is 0.906. The van der Waals surface area contributed by atoms with Crippen LogP contribution in [0.1, 0.15) is 17.4 Å². The van der Waals surface area contributed by atoms with Crippen molar-refractivity contribution in [3.8, 4) is 0 Å². The van der Waals surface area contributed by atoms with Crippen LogP contribution in [0.4, 0.5) is 10.9 Å². The molecule has 2 aliphatic heterocycles. The fourth-order valence-electron chi connectivity index (χ4n) is 3.08. The maximum absolute atomic E-state index is 11.1. The summed E-state index contributed by atoms with van der Waals surface area (Å²) in [7, 11) is 0. The second-order valence-corrected chi connectivity index (χ2v) is 7.29. The first-order chi connectivity index (χ1) is 12.2. The van der Waals surface area contributed by atoms with Gasteiger partial charge in [-0.3, -0.25) is 9.69 Å². The fourth-order valence-corrected chi connectivity index (χ4v) is 3.98. The zero-order valence-corrected chi connectivity index (χ0v) is 14.8. The number of ether oxygens (including phenoxy) is 1. The number of carbonyl (C=O) groups excluding carboxylic acids is 1. The first-order valence-electron chi connectivity index (χ1n) is 8.25. The third kappa shape index (κ3) is 3.76. The molecule has 1 N–H and O–H groups in total. The maximum Gasteiger partial charge on any atom is 0.223 e. The van der Waals surface area contributed by atoms with E-state index in [0.29, 0.717) is 11.7 Å². The van der Waals surface area contributed by atoms with E-state index in [4.69, 9.17) is 4.74 Å². The molecule has 1 fully saturated rings. The van der Waals surface area contributed by atoms with Crippen molar-refractivity contribution in [2.24, 2.45) is 4.99 Å². The molecule has 1 amide bonds. The van der Waals surface area contributed by atoms with Gasteiger partial charge in [0.05, 0.1) is 12.3 Å². The van der Waals surface area contributed by atoms with Crippen molar-refractivity contribution >= 4 is 33.9 Å². The van der Waals surface area contributed by atoms with Crippen LogP contribution < -0.4 is 5.32 Å². The predicted molar refractivity (Wildman–Crippen MR) is 96.5 cm³/mol. The van der Waals surface area contributed by atoms with Gasteiger partial charge in [0.2, 0.25) is 5.91 Å². The zero-order valence-electron chi connectivity index (χ0n) is 13.9. The number of hydrogen-bond donors (Lipinski definition) is 1. The van der Waals surface area contributed by atoms with Gasteiger partial charge in [0.1, 0.15) is 6.10 Å². The summed E-state index contributed by atoms with van der Waals surface area (Å²) >= 11 is 1.51. The molecule has 2 aliphatic rings. The van der Waals surface area contributed by atoms with Crippen molar-refractivity contribution in [1.82, 2.24) is 14.9 Å². The van der Waals surface area contributed by atoms with Crippen LogP contribution in [-0.4, -0.2) is 52.3 Å². The van der Waals surface area contributed by atoms with Gasteiger partial charge in [0.15, 0.2) is 10.9 Å². The second kappa shape index (κ2) is 6.99. The summed E-state index contributed by atoms with van der Waals surface area (Å²) in [6, 6.07) is 4.02. The van der Waals surface area contributed by atoms with Crippen molar-refractivity contribution in [1.29, 1.82) is 0 Å². The Morgan fingerprint density at radius 3 is 3.24 bits per heavy atom. The average molecular weight is 357 g/mol. The number of rotatable bonds is 4. The molecule has 0 radical (unpaired) electrons. The van der Waals surface area contributed by atoms with Crippen LogP contribution in [0.3, 0.4) is 0 Å². The third-order valence-electron chi connectivity index (χ3n) is 4.23. The SMILES string of the molecule is CC(=O)Nc1ncc(CN2CCOC(C3=Nc4ncccc4C3)C2)s1. The van der Waals surface area contributed by atoms with Gasteiger partial charge in [-0.05, 0) is 6.07 Å². The van der Waals surface area contributed by atoms with Gasteiger partial charge in [-0.1, -0.05) is 6.07 Å². The number of thiazole rings is 1. The standard InChI is InChI=1S/C17H19N5O2S/c1-11(23)20-17-19-8-13(25-17)9-22-5-6-24-15(10-22)14-7-12-3-2-4-18-16(12)21-14/h2-4,8,15H,5-7,9-10H2,1H3,(H,19,20,23). The van der Waals surface area contributed by atoms with E-state index in [0.717, 1.165) is 42.5 Å². The summed E-state index contributed by atoms with van der Waals surface area (Å²) < 4.78 is 5.95. The van der Waals surface area contributed by atoms with E-state index in [2.05, 4.69) is 31.2 Å². The molecule has 1 unspecified atom stereocenters. The Hall–Kier alpha value is -2.16. The summed E-state index contributed by atoms with van der Waals surface area (Å²) in [5.41, 5.74) is 2.22. The molecular weight excluding hydrogens is 338 g/mol. The lowest BCUT2D eigenvalue weighted by atomic mass is 10.1. The lowest BCUT2D eigenvalue weighted by Crippen LogP contribution is -2.45. The third-order valence-corrected chi connectivity index (χ3v) is 5.12. The van der Waals surface area contributed by atoms with E-state index in [1.807, 2.05) is 12.3 Å². The highest BCUT2D eigenvalue weighted by molar-refractivity contribution is 7.15. The average Bonchev–Trinajstić information content (AvgIpc) is 3.21. The number of amides is 1. The number of pyridine rings is 1. The van der Waals surface area contributed by atoms with Crippen LogP contribution in [0.25, 0.3) is 0 Å². The Bertz CT molecular complexity index is 819. The zero-order chi connectivity index (χ0) is 17.2. The molecule has 8 heteroatoms. The van der Waals surface area contributed by atoms with Crippen LogP contribution >= 0.6 is 11.3 Å². The lowest BCUT2D eigenvalue weighted by Gasteiger charge is -2.32. The monoisotopic (exact) mass is 357 g/mol. The Morgan fingerprint density at radius 1 is 1.48 bits per heavy atom. The second-order valence-electron chi connectivity index (χ2n) is 6.17. The molecule has 0 bridgehead atoms. The van der Waals surface area contributed by atoms with E-state index in [-0.39, 0.29) is 12.0 Å². The molecule has 0 aromatic carbocycles. The highest BCUT2D eigenvalue weighted by Crippen LogP contribution is 2.27. The number of nitrogens with one attached hydrogen (secondary N) is 1. The molecule has 7 nitrogen and oxygen atoms in total. The molecule has 4 heterocycles. The van der Waals surface area contributed by atoms with Gasteiger partial charge < -0.3 is 10.1 Å². The van der Waals surface area contributed by atoms with E-state index in [1.165, 1.54) is 23.8 Å². The molecule has 0 spiro atoms. The molecule has 0 aliphatic carbocycles. The summed E-state index contributed by atoms with van der Waals surface area (Å²) in [5, 5.41) is 3.37. The summed E-state index contributed by atoms with van der Waals surface area (Å²) in [6.45, 7) is 4.66. The Balaban J connectivity index is 1.39. The largest absolute Gasteiger partial charge is 0.370 e. The van der Waals surface area contributed by atoms with Gasteiger partial charge in [0, 0.05) is 55.8 Å². The number of fused-ring (bicyclic) bond motifs is 1. The summed E-state index contributed by atoms with van der Waals surface area (Å²) in [6.07, 6.45) is 4.42. The highest BCUT2D eigenvalue weighted by atomic mass is 32.1. The molecular formula is C17H19N5O2S. The van der Waals surface area contributed by atoms with Crippen molar-refractivity contribution in [2.45, 2.75) is 26.0 Å². The molecule has 130 valence electrons. The van der Waals surface area contributed by atoms with Crippen LogP contribution in [0.15, 0.2) is 29.5 Å². The molecule has 25 heavy (non-hydrogen) atoms. The first-order valence-corrected chi connectivity index (χ1v) is 9.06. The minimum absolute atomic E-state index is 0.00527. The van der Waals surface area contributed by atoms with E-state index in [1.54, 1.807) is 6.20 Å². The minimum Gasteiger partial charge on any atom is -0.370 e. The van der Waals surface area contributed by atoms with Crippen molar-refractivity contribution in [2.75, 3.05) is 25.0 Å². The van der Waals surface area contributed by atoms with Gasteiger partial charge in [-0.15, -0.1) is 11.3 Å². The maximum atomic E-state index is 11.1. The molecule has 1 saturated heterocycles. The van der Waals surface area contributed by atoms with Crippen LogP contribution in [0, 0.1) is 0 Å². The highest BCUT2D eigenvalue weighted by Gasteiger charge is 2.28. The number of anilines is 1. The Morgan fingerprint density at radius 2 is 2.40 bits per heavy atom. The first kappa shape index (κ1) is 16.3. The normalized spacial score (nSPS) is 20.2. The van der Waals surface area contributed by atoms with E-state index >= 15 is 0 Å². The topological polar surface area (TPSA) is 79.7 Å². The summed E-state index contributed by atoms with van der Waals surface area (Å²) in [4.78, 5) is 27.8. The Labute approximate surface area is 149 Å². The van der Waals surface area contributed by atoms with Gasteiger partial charge in [-0.25, -0.2) is 15.0 Å². The number of nitrogens with zero attached hydrogens (tertiary/aromatic N) is 4. The van der Waals surface area contributed by atoms with Crippen LogP contribution in [0.5, 0.6) is 0 Å². The van der Waals surface area contributed by atoms with Gasteiger partial charge in [-0.2, -0.15) is 0 Å². The number of aliphatic imine (C=N–C) groups is 1. The van der Waals surface area contributed by atoms with Crippen LogP contribution in [-0.2, 0) is 22.5 Å². The van der Waals surface area contributed by atoms with Crippen molar-refractivity contribution in [3.63, 3.8) is 0 Å². The van der Waals surface area contributed by atoms with Crippen molar-refractivity contribution < 1.29 is 9.53 Å². The fraction of sp³-hybridized carbons (Fsp3) is 0.412. The van der Waals surface area contributed by atoms with Crippen LogP contribution in [0.2, 0.25) is 0 Å². The Kier molecular flexibility index (Phi) is 4.56. The van der Waals surface area contributed by atoms with Crippen molar-refractivity contribution in [3.05, 3.63) is 35.0 Å². The number of carbonyl (C=O) groups is 1. The molecule has 2 aromatic rings. The number of hydrogen-bond acceptors (Lipinski definition) is 7. The molecule has 0 saturated carbocycles. The number of morpholine rings is 1. The van der Waals surface area contributed by atoms with Gasteiger partial charge in [0.25, 0.3) is 0 Å². The lowest BCUT2D eigenvalue weighted by molar-refractivity contribution is -0.114. The van der Waals surface area contributed by atoms with E-state index < -0.39 is 0 Å². The molecule has 4 rings (SSSR count). The summed E-state index contributed by atoms with van der Waals surface area (Å²) in [5.74, 6) is 0.723. The molecule has 2 aromatic heterocycles.